The summed E-state index contributed by atoms with van der Waals surface area (Å²) in [5.74, 6) is 0. The lowest BCUT2D eigenvalue weighted by Crippen LogP contribution is -2.41. The van der Waals surface area contributed by atoms with Crippen molar-refractivity contribution in [1.82, 2.24) is 0 Å². The summed E-state index contributed by atoms with van der Waals surface area (Å²) in [5, 5.41) is 0. The van der Waals surface area contributed by atoms with E-state index in [2.05, 4.69) is 13.5 Å². The zero-order valence-electron chi connectivity index (χ0n) is 8.55. The van der Waals surface area contributed by atoms with E-state index < -0.39 is 0 Å². The van der Waals surface area contributed by atoms with E-state index in [9.17, 15) is 0 Å². The largest absolute Gasteiger partial charge is 0.502 e. The second-order valence-corrected chi connectivity index (χ2v) is 3.84. The van der Waals surface area contributed by atoms with Crippen LogP contribution >= 0.6 is 0 Å². The Morgan fingerprint density at radius 2 is 2.23 bits per heavy atom. The van der Waals surface area contributed by atoms with Gasteiger partial charge >= 0.3 is 0 Å². The third-order valence-electron chi connectivity index (χ3n) is 2.90. The minimum absolute atomic E-state index is 0.508. The maximum atomic E-state index is 5.26. The number of hydrogen-bond donors (Lipinski definition) is 0. The van der Waals surface area contributed by atoms with Crippen molar-refractivity contribution in [3.05, 3.63) is 12.8 Å². The quantitative estimate of drug-likeness (QED) is 0.447. The molecular formula is C11H20O2. The second-order valence-electron chi connectivity index (χ2n) is 3.84. The molecule has 2 heteroatoms. The van der Waals surface area contributed by atoms with Crippen molar-refractivity contribution in [2.45, 2.75) is 32.6 Å². The molecule has 0 aliphatic carbocycles. The topological polar surface area (TPSA) is 18.5 Å². The molecule has 0 saturated carbocycles. The minimum Gasteiger partial charge on any atom is -0.502 e. The first-order valence-corrected chi connectivity index (χ1v) is 5.13. The Morgan fingerprint density at radius 1 is 1.46 bits per heavy atom. The van der Waals surface area contributed by atoms with Gasteiger partial charge < -0.3 is 9.47 Å². The van der Waals surface area contributed by atoms with Crippen molar-refractivity contribution < 1.29 is 9.47 Å². The summed E-state index contributed by atoms with van der Waals surface area (Å²) < 4.78 is 10.3. The van der Waals surface area contributed by atoms with Crippen LogP contribution < -0.4 is 0 Å². The van der Waals surface area contributed by atoms with Crippen LogP contribution in [0.5, 0.6) is 0 Å². The number of hydrogen-bond acceptors (Lipinski definition) is 2. The molecule has 0 amide bonds. The van der Waals surface area contributed by atoms with Crippen molar-refractivity contribution in [1.29, 1.82) is 0 Å². The van der Waals surface area contributed by atoms with Gasteiger partial charge in [0.25, 0.3) is 0 Å². The standard InChI is InChI=1S/C11H20O2/c1-3-11(9-13-10-11)7-5-6-8-12-4-2/h4H,2-3,5-10H2,1H3. The molecule has 1 aliphatic heterocycles. The van der Waals surface area contributed by atoms with Gasteiger partial charge in [0.05, 0.1) is 26.1 Å². The fourth-order valence-electron chi connectivity index (χ4n) is 1.68. The Morgan fingerprint density at radius 3 is 2.69 bits per heavy atom. The zero-order valence-corrected chi connectivity index (χ0v) is 8.55. The highest BCUT2D eigenvalue weighted by Gasteiger charge is 2.35. The first-order valence-electron chi connectivity index (χ1n) is 5.13. The van der Waals surface area contributed by atoms with Crippen molar-refractivity contribution in [3.63, 3.8) is 0 Å². The Hall–Kier alpha value is -0.500. The van der Waals surface area contributed by atoms with Gasteiger partial charge in [0, 0.05) is 5.41 Å². The van der Waals surface area contributed by atoms with Crippen LogP contribution in [0.3, 0.4) is 0 Å². The lowest BCUT2D eigenvalue weighted by molar-refractivity contribution is -0.120. The molecule has 1 fully saturated rings. The molecule has 0 atom stereocenters. The molecule has 2 nitrogen and oxygen atoms in total. The fraction of sp³-hybridized carbons (Fsp3) is 0.818. The van der Waals surface area contributed by atoms with Crippen LogP contribution in [0.4, 0.5) is 0 Å². The lowest BCUT2D eigenvalue weighted by Gasteiger charge is -2.41. The van der Waals surface area contributed by atoms with E-state index >= 15 is 0 Å². The summed E-state index contributed by atoms with van der Waals surface area (Å²) in [6.45, 7) is 8.50. The van der Waals surface area contributed by atoms with E-state index in [0.717, 1.165) is 26.2 Å². The van der Waals surface area contributed by atoms with Gasteiger partial charge in [-0.25, -0.2) is 0 Å². The summed E-state index contributed by atoms with van der Waals surface area (Å²) in [6.07, 6.45) is 6.42. The predicted molar refractivity (Wildman–Crippen MR) is 53.5 cm³/mol. The predicted octanol–water partition coefficient (Wildman–Crippen LogP) is 2.74. The molecule has 0 aromatic heterocycles. The van der Waals surface area contributed by atoms with Crippen LogP contribution in [-0.2, 0) is 9.47 Å². The zero-order chi connectivity index (χ0) is 9.57. The van der Waals surface area contributed by atoms with Crippen LogP contribution in [0.25, 0.3) is 0 Å². The van der Waals surface area contributed by atoms with Crippen LogP contribution in [-0.4, -0.2) is 19.8 Å². The first-order chi connectivity index (χ1) is 6.33. The molecule has 0 spiro atoms. The Labute approximate surface area is 80.9 Å². The van der Waals surface area contributed by atoms with Gasteiger partial charge in [-0.15, -0.1) is 0 Å². The maximum Gasteiger partial charge on any atom is 0.0873 e. The molecular weight excluding hydrogens is 164 g/mol. The highest BCUT2D eigenvalue weighted by Crippen LogP contribution is 2.36. The molecule has 1 heterocycles. The number of rotatable bonds is 7. The maximum absolute atomic E-state index is 5.26. The van der Waals surface area contributed by atoms with E-state index in [1.54, 1.807) is 0 Å². The normalized spacial score (nSPS) is 19.2. The molecule has 0 radical (unpaired) electrons. The summed E-state index contributed by atoms with van der Waals surface area (Å²) in [5.41, 5.74) is 0.508. The average molecular weight is 184 g/mol. The molecule has 0 bridgehead atoms. The molecule has 0 unspecified atom stereocenters. The Kier molecular flexibility index (Phi) is 4.29. The number of unbranched alkanes of at least 4 members (excludes halogenated alkanes) is 1. The number of ether oxygens (including phenoxy) is 2. The molecule has 1 aliphatic rings. The Bertz CT molecular complexity index is 145. The van der Waals surface area contributed by atoms with Gasteiger partial charge in [-0.05, 0) is 25.7 Å². The highest BCUT2D eigenvalue weighted by molar-refractivity contribution is 4.83. The summed E-state index contributed by atoms with van der Waals surface area (Å²) in [7, 11) is 0. The SMILES string of the molecule is C=COCCCCC1(CC)COC1. The van der Waals surface area contributed by atoms with Gasteiger partial charge in [-0.3, -0.25) is 0 Å². The minimum atomic E-state index is 0.508. The summed E-state index contributed by atoms with van der Waals surface area (Å²) >= 11 is 0. The monoisotopic (exact) mass is 184 g/mol. The molecule has 1 saturated heterocycles. The van der Waals surface area contributed by atoms with Crippen molar-refractivity contribution >= 4 is 0 Å². The van der Waals surface area contributed by atoms with Gasteiger partial charge in [-0.1, -0.05) is 13.5 Å². The lowest BCUT2D eigenvalue weighted by atomic mass is 9.78. The third-order valence-corrected chi connectivity index (χ3v) is 2.90. The highest BCUT2D eigenvalue weighted by atomic mass is 16.5. The Balaban J connectivity index is 2.00. The molecule has 0 N–H and O–H groups in total. The van der Waals surface area contributed by atoms with Crippen molar-refractivity contribution in [2.75, 3.05) is 19.8 Å². The van der Waals surface area contributed by atoms with E-state index in [4.69, 9.17) is 9.47 Å². The molecule has 13 heavy (non-hydrogen) atoms. The average Bonchev–Trinajstić information content (AvgIpc) is 2.09. The summed E-state index contributed by atoms with van der Waals surface area (Å²) in [6, 6.07) is 0. The van der Waals surface area contributed by atoms with Gasteiger partial charge in [-0.2, -0.15) is 0 Å². The third kappa shape index (κ3) is 3.03. The van der Waals surface area contributed by atoms with Gasteiger partial charge in [0.1, 0.15) is 0 Å². The second kappa shape index (κ2) is 5.28. The van der Waals surface area contributed by atoms with Gasteiger partial charge in [0.15, 0.2) is 0 Å². The molecule has 76 valence electrons. The van der Waals surface area contributed by atoms with E-state index in [0.29, 0.717) is 5.41 Å². The summed E-state index contributed by atoms with van der Waals surface area (Å²) in [4.78, 5) is 0. The van der Waals surface area contributed by atoms with Crippen molar-refractivity contribution in [2.24, 2.45) is 5.41 Å². The van der Waals surface area contributed by atoms with Crippen LogP contribution in [0.1, 0.15) is 32.6 Å². The molecule has 0 aromatic rings. The fourth-order valence-corrected chi connectivity index (χ4v) is 1.68. The van der Waals surface area contributed by atoms with Crippen molar-refractivity contribution in [3.8, 4) is 0 Å². The van der Waals surface area contributed by atoms with Crippen LogP contribution in [0.2, 0.25) is 0 Å². The van der Waals surface area contributed by atoms with E-state index in [1.807, 2.05) is 0 Å². The first kappa shape index (κ1) is 10.6. The van der Waals surface area contributed by atoms with Gasteiger partial charge in [0.2, 0.25) is 0 Å². The van der Waals surface area contributed by atoms with Crippen LogP contribution in [0.15, 0.2) is 12.8 Å². The van der Waals surface area contributed by atoms with E-state index in [1.165, 1.54) is 25.5 Å². The van der Waals surface area contributed by atoms with Crippen LogP contribution in [0, 0.1) is 5.41 Å². The van der Waals surface area contributed by atoms with E-state index in [-0.39, 0.29) is 0 Å². The molecule has 0 aromatic carbocycles. The molecule has 1 rings (SSSR count). The smallest absolute Gasteiger partial charge is 0.0873 e.